The van der Waals surface area contributed by atoms with E-state index in [9.17, 15) is 0 Å². The third-order valence-electron chi connectivity index (χ3n) is 4.58. The molecule has 2 N–H and O–H groups in total. The number of fused-ring (bicyclic) bond motifs is 1. The number of benzene rings is 1. The van der Waals surface area contributed by atoms with Crippen LogP contribution in [-0.4, -0.2) is 29.0 Å². The van der Waals surface area contributed by atoms with Gasteiger partial charge < -0.3 is 5.73 Å². The van der Waals surface area contributed by atoms with Crippen molar-refractivity contribution in [2.45, 2.75) is 44.3 Å². The van der Waals surface area contributed by atoms with Crippen molar-refractivity contribution in [2.75, 3.05) is 7.05 Å². The number of hydrogen-bond acceptors (Lipinski definition) is 3. The maximum Gasteiger partial charge on any atom is 0.0761 e. The Morgan fingerprint density at radius 2 is 2.00 bits per heavy atom. The molecule has 0 aliphatic heterocycles. The Kier molecular flexibility index (Phi) is 4.43. The lowest BCUT2D eigenvalue weighted by atomic mass is 9.91. The van der Waals surface area contributed by atoms with Crippen LogP contribution in [0, 0.1) is 0 Å². The molecular formula is C17H22ClN3. The van der Waals surface area contributed by atoms with Gasteiger partial charge in [-0.25, -0.2) is 0 Å². The van der Waals surface area contributed by atoms with Crippen molar-refractivity contribution in [3.8, 4) is 0 Å². The number of hydrogen-bond donors (Lipinski definition) is 1. The van der Waals surface area contributed by atoms with E-state index in [4.69, 9.17) is 17.3 Å². The summed E-state index contributed by atoms with van der Waals surface area (Å²) in [5.74, 6) is 0. The van der Waals surface area contributed by atoms with E-state index in [1.54, 1.807) is 0 Å². The van der Waals surface area contributed by atoms with Gasteiger partial charge in [-0.05, 0) is 56.5 Å². The van der Waals surface area contributed by atoms with Gasteiger partial charge in [0.2, 0.25) is 0 Å². The van der Waals surface area contributed by atoms with Crippen molar-refractivity contribution in [1.82, 2.24) is 9.88 Å². The molecule has 0 atom stereocenters. The van der Waals surface area contributed by atoms with Crippen molar-refractivity contribution >= 4 is 22.5 Å². The van der Waals surface area contributed by atoms with Crippen LogP contribution in [0.4, 0.5) is 0 Å². The minimum Gasteiger partial charge on any atom is -0.328 e. The van der Waals surface area contributed by atoms with Crippen LogP contribution in [0.2, 0.25) is 5.02 Å². The van der Waals surface area contributed by atoms with Crippen molar-refractivity contribution in [3.63, 3.8) is 0 Å². The second-order valence-electron chi connectivity index (χ2n) is 6.09. The highest BCUT2D eigenvalue weighted by Crippen LogP contribution is 2.27. The summed E-state index contributed by atoms with van der Waals surface area (Å²) in [5, 5.41) is 1.81. The van der Waals surface area contributed by atoms with Crippen molar-refractivity contribution in [2.24, 2.45) is 5.73 Å². The molecule has 21 heavy (non-hydrogen) atoms. The van der Waals surface area contributed by atoms with Gasteiger partial charge in [-0.15, -0.1) is 0 Å². The highest BCUT2D eigenvalue weighted by atomic mass is 35.5. The van der Waals surface area contributed by atoms with Crippen LogP contribution >= 0.6 is 11.6 Å². The van der Waals surface area contributed by atoms with Gasteiger partial charge >= 0.3 is 0 Å². The zero-order valence-electron chi connectivity index (χ0n) is 12.4. The van der Waals surface area contributed by atoms with Crippen LogP contribution in [0.5, 0.6) is 0 Å². The van der Waals surface area contributed by atoms with Crippen molar-refractivity contribution in [3.05, 3.63) is 41.0 Å². The van der Waals surface area contributed by atoms with E-state index >= 15 is 0 Å². The molecule has 1 aliphatic rings. The topological polar surface area (TPSA) is 42.2 Å². The number of rotatable bonds is 3. The second-order valence-corrected chi connectivity index (χ2v) is 6.50. The molecule has 1 aliphatic carbocycles. The highest BCUT2D eigenvalue weighted by Gasteiger charge is 2.22. The van der Waals surface area contributed by atoms with E-state index in [0.717, 1.165) is 35.3 Å². The third-order valence-corrected chi connectivity index (χ3v) is 4.91. The summed E-state index contributed by atoms with van der Waals surface area (Å²) in [6.45, 7) is 0.907. The first kappa shape index (κ1) is 14.8. The Bertz CT molecular complexity index is 620. The summed E-state index contributed by atoms with van der Waals surface area (Å²) in [4.78, 5) is 6.95. The molecule has 0 amide bonds. The second kappa shape index (κ2) is 6.30. The first-order chi connectivity index (χ1) is 10.1. The van der Waals surface area contributed by atoms with E-state index in [-0.39, 0.29) is 0 Å². The van der Waals surface area contributed by atoms with E-state index in [0.29, 0.717) is 12.1 Å². The van der Waals surface area contributed by atoms with Gasteiger partial charge in [0.05, 0.1) is 5.52 Å². The smallest absolute Gasteiger partial charge is 0.0761 e. The number of nitrogens with two attached hydrogens (primary N) is 1. The molecule has 4 heteroatoms. The Balaban J connectivity index is 1.80. The highest BCUT2D eigenvalue weighted by molar-refractivity contribution is 6.35. The molecule has 0 bridgehead atoms. The average Bonchev–Trinajstić information content (AvgIpc) is 2.51. The van der Waals surface area contributed by atoms with Crippen molar-refractivity contribution in [1.29, 1.82) is 0 Å². The van der Waals surface area contributed by atoms with Gasteiger partial charge in [0.25, 0.3) is 0 Å². The van der Waals surface area contributed by atoms with Crippen LogP contribution in [0.3, 0.4) is 0 Å². The normalized spacial score (nSPS) is 22.9. The van der Waals surface area contributed by atoms with Crippen molar-refractivity contribution < 1.29 is 0 Å². The number of pyridine rings is 1. The van der Waals surface area contributed by atoms with E-state index in [1.165, 1.54) is 18.4 Å². The number of aromatic nitrogens is 1. The Morgan fingerprint density at radius 3 is 2.76 bits per heavy atom. The molecule has 1 aromatic carbocycles. The summed E-state index contributed by atoms with van der Waals surface area (Å²) in [6.07, 6.45) is 6.48. The van der Waals surface area contributed by atoms with Gasteiger partial charge in [0.15, 0.2) is 0 Å². The molecule has 1 heterocycles. The number of halogens is 1. The van der Waals surface area contributed by atoms with E-state index in [2.05, 4.69) is 23.0 Å². The maximum atomic E-state index is 6.26. The molecule has 2 aromatic rings. The van der Waals surface area contributed by atoms with Gasteiger partial charge in [-0.1, -0.05) is 17.7 Å². The monoisotopic (exact) mass is 303 g/mol. The summed E-state index contributed by atoms with van der Waals surface area (Å²) in [6, 6.07) is 9.07. The Labute approximate surface area is 131 Å². The maximum absolute atomic E-state index is 6.26. The standard InChI is InChI=1S/C17H22ClN3/c1-21(14-7-5-13(19)6-8-14)11-12-4-9-16(18)15-3-2-10-20-17(12)15/h2-4,9-10,13-14H,5-8,11,19H2,1H3. The summed E-state index contributed by atoms with van der Waals surface area (Å²) in [5.41, 5.74) is 8.26. The minimum absolute atomic E-state index is 0.396. The predicted molar refractivity (Wildman–Crippen MR) is 88.5 cm³/mol. The van der Waals surface area contributed by atoms with Crippen LogP contribution in [0.15, 0.2) is 30.5 Å². The molecule has 0 spiro atoms. The summed E-state index contributed by atoms with van der Waals surface area (Å²) >= 11 is 6.26. The van der Waals surface area contributed by atoms with Gasteiger partial charge in [0, 0.05) is 35.2 Å². The molecule has 0 saturated heterocycles. The average molecular weight is 304 g/mol. The molecule has 0 radical (unpaired) electrons. The zero-order chi connectivity index (χ0) is 14.8. The Morgan fingerprint density at radius 1 is 1.24 bits per heavy atom. The zero-order valence-corrected chi connectivity index (χ0v) is 13.2. The lowest BCUT2D eigenvalue weighted by molar-refractivity contribution is 0.176. The quantitative estimate of drug-likeness (QED) is 0.942. The molecule has 3 rings (SSSR count). The number of nitrogens with zero attached hydrogens (tertiary/aromatic N) is 2. The van der Waals surface area contributed by atoms with Gasteiger partial charge in [0.1, 0.15) is 0 Å². The Hall–Kier alpha value is -1.16. The van der Waals surface area contributed by atoms with Crippen LogP contribution in [0.25, 0.3) is 10.9 Å². The fraction of sp³-hybridized carbons (Fsp3) is 0.471. The summed E-state index contributed by atoms with van der Waals surface area (Å²) < 4.78 is 0. The fourth-order valence-electron chi connectivity index (χ4n) is 3.26. The lowest BCUT2D eigenvalue weighted by Crippen LogP contribution is -2.38. The third kappa shape index (κ3) is 3.20. The van der Waals surface area contributed by atoms with Crippen LogP contribution in [0.1, 0.15) is 31.2 Å². The SMILES string of the molecule is CN(Cc1ccc(Cl)c2cccnc12)C1CCC(N)CC1. The van der Waals surface area contributed by atoms with Gasteiger partial charge in [-0.3, -0.25) is 9.88 Å². The summed E-state index contributed by atoms with van der Waals surface area (Å²) in [7, 11) is 2.20. The fourth-order valence-corrected chi connectivity index (χ4v) is 3.48. The lowest BCUT2D eigenvalue weighted by Gasteiger charge is -2.33. The first-order valence-electron chi connectivity index (χ1n) is 7.63. The first-order valence-corrected chi connectivity index (χ1v) is 8.01. The molecule has 112 valence electrons. The molecule has 0 unspecified atom stereocenters. The minimum atomic E-state index is 0.396. The molecular weight excluding hydrogens is 282 g/mol. The molecule has 1 aromatic heterocycles. The molecule has 1 fully saturated rings. The molecule has 3 nitrogen and oxygen atoms in total. The van der Waals surface area contributed by atoms with E-state index < -0.39 is 0 Å². The van der Waals surface area contributed by atoms with Crippen LogP contribution in [-0.2, 0) is 6.54 Å². The van der Waals surface area contributed by atoms with E-state index in [1.807, 2.05) is 24.4 Å². The molecule has 1 saturated carbocycles. The van der Waals surface area contributed by atoms with Crippen LogP contribution < -0.4 is 5.73 Å². The van der Waals surface area contributed by atoms with Gasteiger partial charge in [-0.2, -0.15) is 0 Å². The largest absolute Gasteiger partial charge is 0.328 e. The predicted octanol–water partition coefficient (Wildman–Crippen LogP) is 3.59.